The molecular weight excluding hydrogens is 334 g/mol. The Morgan fingerprint density at radius 2 is 1.72 bits per heavy atom. The number of carbonyl (C=O) groups is 1. The molecule has 0 radical (unpaired) electrons. The lowest BCUT2D eigenvalue weighted by Gasteiger charge is -2.11. The molecule has 0 bridgehead atoms. The zero-order chi connectivity index (χ0) is 18.0. The highest BCUT2D eigenvalue weighted by atomic mass is 32.1. The summed E-state index contributed by atoms with van der Waals surface area (Å²) < 4.78 is 12.7. The summed E-state index contributed by atoms with van der Waals surface area (Å²) in [4.78, 5) is 12.7. The first-order valence-electron chi connectivity index (χ1n) is 8.15. The molecule has 0 aliphatic heterocycles. The predicted octanol–water partition coefficient (Wildman–Crippen LogP) is 5.01. The average Bonchev–Trinajstić information content (AvgIpc) is 3.18. The maximum absolute atomic E-state index is 12.7. The zero-order valence-corrected chi connectivity index (χ0v) is 15.6. The summed E-state index contributed by atoms with van der Waals surface area (Å²) in [7, 11) is 1.64. The van der Waals surface area contributed by atoms with Crippen molar-refractivity contribution >= 4 is 17.3 Å². The third-order valence-electron chi connectivity index (χ3n) is 4.13. The second-order valence-corrected chi connectivity index (χ2v) is 6.59. The minimum Gasteiger partial charge on any atom is -0.497 e. The molecule has 2 heterocycles. The van der Waals surface area contributed by atoms with Gasteiger partial charge in [0.2, 0.25) is 0 Å². The number of rotatable bonds is 5. The number of aromatic nitrogens is 1. The third-order valence-corrected chi connectivity index (χ3v) is 5.09. The first-order chi connectivity index (χ1) is 12.1. The van der Waals surface area contributed by atoms with Crippen molar-refractivity contribution < 1.29 is 14.3 Å². The van der Waals surface area contributed by atoms with Crippen LogP contribution >= 0.6 is 11.3 Å². The molecular formula is C20H21NO3S. The second kappa shape index (κ2) is 7.15. The monoisotopic (exact) mass is 355 g/mol. The van der Waals surface area contributed by atoms with E-state index in [0.29, 0.717) is 12.2 Å². The lowest BCUT2D eigenvalue weighted by Crippen LogP contribution is -2.10. The molecule has 0 saturated heterocycles. The van der Waals surface area contributed by atoms with E-state index in [-0.39, 0.29) is 5.97 Å². The number of hydrogen-bond acceptors (Lipinski definition) is 4. The smallest absolute Gasteiger partial charge is 0.341 e. The van der Waals surface area contributed by atoms with Gasteiger partial charge in [0.25, 0.3) is 0 Å². The van der Waals surface area contributed by atoms with E-state index in [1.54, 1.807) is 18.4 Å². The Morgan fingerprint density at radius 3 is 2.28 bits per heavy atom. The largest absolute Gasteiger partial charge is 0.497 e. The fourth-order valence-electron chi connectivity index (χ4n) is 2.88. The maximum Gasteiger partial charge on any atom is 0.341 e. The molecule has 3 aromatic rings. The van der Waals surface area contributed by atoms with Crippen LogP contribution in [0.2, 0.25) is 0 Å². The van der Waals surface area contributed by atoms with Gasteiger partial charge < -0.3 is 14.0 Å². The highest BCUT2D eigenvalue weighted by Gasteiger charge is 2.23. The van der Waals surface area contributed by atoms with E-state index in [1.165, 1.54) is 0 Å². The quantitative estimate of drug-likeness (QED) is 0.604. The molecule has 0 N–H and O–H groups in total. The van der Waals surface area contributed by atoms with Crippen LogP contribution < -0.4 is 4.74 Å². The van der Waals surface area contributed by atoms with Crippen LogP contribution in [0, 0.1) is 13.8 Å². The molecule has 0 fully saturated rings. The topological polar surface area (TPSA) is 40.5 Å². The van der Waals surface area contributed by atoms with Gasteiger partial charge >= 0.3 is 5.97 Å². The standard InChI is InChI=1S/C20H21NO3S/c1-5-24-20(22)18-17(15-8-10-16(23-4)11-9-15)12-25-19(18)21-13(2)6-7-14(21)3/h6-12H,5H2,1-4H3. The Bertz CT molecular complexity index is 871. The minimum absolute atomic E-state index is 0.294. The number of methoxy groups -OCH3 is 1. The number of benzene rings is 1. The normalized spacial score (nSPS) is 10.7. The summed E-state index contributed by atoms with van der Waals surface area (Å²) in [5.74, 6) is 0.492. The molecule has 4 nitrogen and oxygen atoms in total. The van der Waals surface area contributed by atoms with Gasteiger partial charge in [0.1, 0.15) is 16.3 Å². The lowest BCUT2D eigenvalue weighted by atomic mass is 10.0. The zero-order valence-electron chi connectivity index (χ0n) is 14.8. The van der Waals surface area contributed by atoms with Gasteiger partial charge in [-0.25, -0.2) is 4.79 Å². The molecule has 0 aliphatic rings. The maximum atomic E-state index is 12.7. The summed E-state index contributed by atoms with van der Waals surface area (Å²) >= 11 is 1.55. The molecule has 0 aliphatic carbocycles. The molecule has 1 aromatic carbocycles. The SMILES string of the molecule is CCOC(=O)c1c(-c2ccc(OC)cc2)csc1-n1c(C)ccc1C. The Morgan fingerprint density at radius 1 is 1.08 bits per heavy atom. The van der Waals surface area contributed by atoms with Crippen molar-refractivity contribution in [1.29, 1.82) is 0 Å². The molecule has 3 rings (SSSR count). The van der Waals surface area contributed by atoms with Crippen LogP contribution in [-0.4, -0.2) is 24.3 Å². The fourth-order valence-corrected chi connectivity index (χ4v) is 4.07. The van der Waals surface area contributed by atoms with E-state index in [1.807, 2.05) is 50.4 Å². The minimum atomic E-state index is -0.294. The Kier molecular flexibility index (Phi) is 4.95. The van der Waals surface area contributed by atoms with Crippen molar-refractivity contribution in [3.63, 3.8) is 0 Å². The van der Waals surface area contributed by atoms with Crippen LogP contribution in [0.4, 0.5) is 0 Å². The number of nitrogens with zero attached hydrogens (tertiary/aromatic N) is 1. The van der Waals surface area contributed by atoms with Crippen molar-refractivity contribution in [1.82, 2.24) is 4.57 Å². The van der Waals surface area contributed by atoms with Gasteiger partial charge in [0.15, 0.2) is 0 Å². The van der Waals surface area contributed by atoms with Crippen molar-refractivity contribution in [2.75, 3.05) is 13.7 Å². The molecule has 2 aromatic heterocycles. The summed E-state index contributed by atoms with van der Waals surface area (Å²) in [6, 6.07) is 11.8. The van der Waals surface area contributed by atoms with E-state index < -0.39 is 0 Å². The van der Waals surface area contributed by atoms with Gasteiger partial charge in [0, 0.05) is 22.3 Å². The van der Waals surface area contributed by atoms with Crippen LogP contribution in [0.3, 0.4) is 0 Å². The van der Waals surface area contributed by atoms with Crippen LogP contribution in [0.5, 0.6) is 5.75 Å². The van der Waals surface area contributed by atoms with Gasteiger partial charge in [-0.15, -0.1) is 11.3 Å². The Labute approximate surface area is 151 Å². The van der Waals surface area contributed by atoms with Gasteiger partial charge in [-0.3, -0.25) is 0 Å². The Hall–Kier alpha value is -2.53. The predicted molar refractivity (Wildman–Crippen MR) is 101 cm³/mol. The molecule has 0 saturated carbocycles. The van der Waals surface area contributed by atoms with Crippen LogP contribution in [0.25, 0.3) is 16.1 Å². The number of carbonyl (C=O) groups excluding carboxylic acids is 1. The first-order valence-corrected chi connectivity index (χ1v) is 9.03. The number of hydrogen-bond donors (Lipinski definition) is 0. The van der Waals surface area contributed by atoms with Crippen molar-refractivity contribution in [3.8, 4) is 21.9 Å². The van der Waals surface area contributed by atoms with Crippen molar-refractivity contribution in [3.05, 3.63) is 58.7 Å². The molecule has 5 heteroatoms. The highest BCUT2D eigenvalue weighted by molar-refractivity contribution is 7.13. The van der Waals surface area contributed by atoms with Crippen molar-refractivity contribution in [2.45, 2.75) is 20.8 Å². The van der Waals surface area contributed by atoms with E-state index in [0.717, 1.165) is 33.3 Å². The molecule has 25 heavy (non-hydrogen) atoms. The van der Waals surface area contributed by atoms with Gasteiger partial charge in [0.05, 0.1) is 13.7 Å². The molecule has 130 valence electrons. The second-order valence-electron chi connectivity index (χ2n) is 5.73. The summed E-state index contributed by atoms with van der Waals surface area (Å²) in [6.07, 6.45) is 0. The van der Waals surface area contributed by atoms with Crippen LogP contribution in [-0.2, 0) is 4.74 Å². The summed E-state index contributed by atoms with van der Waals surface area (Å²) in [5.41, 5.74) is 4.64. The number of ether oxygens (including phenoxy) is 2. The van der Waals surface area contributed by atoms with Crippen molar-refractivity contribution in [2.24, 2.45) is 0 Å². The molecule has 0 spiro atoms. The van der Waals surface area contributed by atoms with E-state index in [2.05, 4.69) is 16.7 Å². The van der Waals surface area contributed by atoms with Crippen LogP contribution in [0.15, 0.2) is 41.8 Å². The molecule has 0 unspecified atom stereocenters. The summed E-state index contributed by atoms with van der Waals surface area (Å²) in [6.45, 7) is 6.24. The number of aryl methyl sites for hydroxylation is 2. The first kappa shape index (κ1) is 17.3. The summed E-state index contributed by atoms with van der Waals surface area (Å²) in [5, 5.41) is 2.91. The van der Waals surface area contributed by atoms with E-state index >= 15 is 0 Å². The fraction of sp³-hybridized carbons (Fsp3) is 0.250. The Balaban J connectivity index is 2.17. The number of esters is 1. The van der Waals surface area contributed by atoms with Gasteiger partial charge in [-0.2, -0.15) is 0 Å². The van der Waals surface area contributed by atoms with Crippen LogP contribution in [0.1, 0.15) is 28.7 Å². The lowest BCUT2D eigenvalue weighted by molar-refractivity contribution is 0.0528. The molecule has 0 amide bonds. The van der Waals surface area contributed by atoms with E-state index in [4.69, 9.17) is 9.47 Å². The third kappa shape index (κ3) is 3.20. The van der Waals surface area contributed by atoms with E-state index in [9.17, 15) is 4.79 Å². The van der Waals surface area contributed by atoms with Gasteiger partial charge in [-0.1, -0.05) is 12.1 Å². The number of thiophene rings is 1. The highest BCUT2D eigenvalue weighted by Crippen LogP contribution is 2.37. The average molecular weight is 355 g/mol. The van der Waals surface area contributed by atoms with Gasteiger partial charge in [-0.05, 0) is 50.6 Å². The molecule has 0 atom stereocenters.